The van der Waals surface area contributed by atoms with E-state index in [2.05, 4.69) is 9.97 Å². The molecule has 0 unspecified atom stereocenters. The summed E-state index contributed by atoms with van der Waals surface area (Å²) in [6.45, 7) is 9.29. The third kappa shape index (κ3) is 5.50. The zero-order valence-corrected chi connectivity index (χ0v) is 25.0. The molecule has 1 amide bonds. The number of benzene rings is 1. The van der Waals surface area contributed by atoms with Crippen LogP contribution >= 0.6 is 11.6 Å². The van der Waals surface area contributed by atoms with Crippen LogP contribution in [0.2, 0.25) is 5.02 Å². The number of nitrogens with zero attached hydrogens (tertiary/aromatic N) is 6. The van der Waals surface area contributed by atoms with Gasteiger partial charge in [-0.25, -0.2) is 23.5 Å². The lowest BCUT2D eigenvalue weighted by molar-refractivity contribution is -0.131. The van der Waals surface area contributed by atoms with Crippen molar-refractivity contribution in [3.63, 3.8) is 0 Å². The molecule has 1 fully saturated rings. The zero-order valence-electron chi connectivity index (χ0n) is 24.3. The van der Waals surface area contributed by atoms with Crippen LogP contribution in [-0.4, -0.2) is 67.3 Å². The SMILES string of the molecule is CC(=O)Oc1cnc(C(C)C)c(-n2c(=O)nc(N3CCN(C(=O)O)C[C@@H]3C)c3cc(Cl)c(-c4ccccc4F)nc32)c1C. The number of anilines is 1. The molecule has 3 aromatic heterocycles. The number of esters is 1. The maximum absolute atomic E-state index is 15.0. The van der Waals surface area contributed by atoms with Gasteiger partial charge in [0, 0.05) is 43.7 Å². The highest BCUT2D eigenvalue weighted by atomic mass is 35.5. The monoisotopic (exact) mass is 608 g/mol. The van der Waals surface area contributed by atoms with Crippen molar-refractivity contribution in [1.82, 2.24) is 24.4 Å². The van der Waals surface area contributed by atoms with Crippen molar-refractivity contribution in [2.75, 3.05) is 24.5 Å². The van der Waals surface area contributed by atoms with Gasteiger partial charge in [-0.3, -0.25) is 9.78 Å². The van der Waals surface area contributed by atoms with Crippen LogP contribution in [-0.2, 0) is 4.79 Å². The Morgan fingerprint density at radius 2 is 1.91 bits per heavy atom. The van der Waals surface area contributed by atoms with E-state index >= 15 is 0 Å². The van der Waals surface area contributed by atoms with Gasteiger partial charge in [-0.05, 0) is 38.0 Å². The summed E-state index contributed by atoms with van der Waals surface area (Å²) in [5, 5.41) is 10.0. The van der Waals surface area contributed by atoms with Crippen molar-refractivity contribution in [2.24, 2.45) is 0 Å². The van der Waals surface area contributed by atoms with Gasteiger partial charge in [0.1, 0.15) is 11.6 Å². The number of rotatable bonds is 5. The number of hydrogen-bond acceptors (Lipinski definition) is 8. The summed E-state index contributed by atoms with van der Waals surface area (Å²) in [6, 6.07) is 7.30. The molecule has 13 heteroatoms. The molecule has 1 saturated heterocycles. The molecule has 224 valence electrons. The van der Waals surface area contributed by atoms with Crippen LogP contribution in [0, 0.1) is 12.7 Å². The quantitative estimate of drug-likeness (QED) is 0.304. The minimum absolute atomic E-state index is 0.120. The average molecular weight is 609 g/mol. The summed E-state index contributed by atoms with van der Waals surface area (Å²) >= 11 is 6.74. The van der Waals surface area contributed by atoms with Gasteiger partial charge in [0.05, 0.1) is 33.7 Å². The number of fused-ring (bicyclic) bond motifs is 1. The van der Waals surface area contributed by atoms with E-state index in [0.29, 0.717) is 22.3 Å². The lowest BCUT2D eigenvalue weighted by Gasteiger charge is -2.39. The molecule has 1 aromatic carbocycles. The largest absolute Gasteiger partial charge is 0.465 e. The Bertz CT molecular complexity index is 1830. The topological polar surface area (TPSA) is 131 Å². The molecule has 0 saturated carbocycles. The predicted octanol–water partition coefficient (Wildman–Crippen LogP) is 5.18. The minimum Gasteiger partial charge on any atom is -0.465 e. The third-order valence-electron chi connectivity index (χ3n) is 7.41. The number of carbonyl (C=O) groups excluding carboxylic acids is 1. The Morgan fingerprint density at radius 3 is 2.53 bits per heavy atom. The van der Waals surface area contributed by atoms with Crippen LogP contribution in [0.25, 0.3) is 28.0 Å². The highest BCUT2D eigenvalue weighted by Crippen LogP contribution is 2.37. The van der Waals surface area contributed by atoms with E-state index in [1.807, 2.05) is 25.7 Å². The van der Waals surface area contributed by atoms with Gasteiger partial charge in [-0.15, -0.1) is 0 Å². The van der Waals surface area contributed by atoms with E-state index < -0.39 is 23.6 Å². The van der Waals surface area contributed by atoms with E-state index in [4.69, 9.17) is 21.3 Å². The lowest BCUT2D eigenvalue weighted by Crippen LogP contribution is -2.54. The predicted molar refractivity (Wildman–Crippen MR) is 160 cm³/mol. The fourth-order valence-electron chi connectivity index (χ4n) is 5.37. The van der Waals surface area contributed by atoms with Gasteiger partial charge in [0.15, 0.2) is 11.4 Å². The molecule has 0 bridgehead atoms. The highest BCUT2D eigenvalue weighted by molar-refractivity contribution is 6.33. The van der Waals surface area contributed by atoms with Gasteiger partial charge < -0.3 is 19.6 Å². The minimum atomic E-state index is -1.03. The van der Waals surface area contributed by atoms with Crippen LogP contribution in [0.15, 0.2) is 41.3 Å². The Labute approximate surface area is 251 Å². The second kappa shape index (κ2) is 11.6. The van der Waals surface area contributed by atoms with Crippen molar-refractivity contribution in [1.29, 1.82) is 0 Å². The third-order valence-corrected chi connectivity index (χ3v) is 7.70. The van der Waals surface area contributed by atoms with Crippen LogP contribution < -0.4 is 15.3 Å². The summed E-state index contributed by atoms with van der Waals surface area (Å²) in [5.74, 6) is -0.825. The molecular weight excluding hydrogens is 579 g/mol. The van der Waals surface area contributed by atoms with Crippen LogP contribution in [0.5, 0.6) is 5.75 Å². The Kier molecular flexibility index (Phi) is 8.06. The molecule has 4 heterocycles. The van der Waals surface area contributed by atoms with Crippen molar-refractivity contribution >= 4 is 40.5 Å². The van der Waals surface area contributed by atoms with Gasteiger partial charge >= 0.3 is 17.8 Å². The van der Waals surface area contributed by atoms with E-state index in [1.165, 1.54) is 28.7 Å². The van der Waals surface area contributed by atoms with Gasteiger partial charge in [-0.2, -0.15) is 4.98 Å². The summed E-state index contributed by atoms with van der Waals surface area (Å²) in [7, 11) is 0. The molecule has 1 atom stereocenters. The smallest absolute Gasteiger partial charge is 0.407 e. The molecule has 0 aliphatic carbocycles. The van der Waals surface area contributed by atoms with E-state index in [9.17, 15) is 23.9 Å². The number of amides is 1. The molecule has 4 aromatic rings. The number of aromatic nitrogens is 4. The average Bonchev–Trinajstić information content (AvgIpc) is 2.94. The molecule has 0 radical (unpaired) electrons. The summed E-state index contributed by atoms with van der Waals surface area (Å²) < 4.78 is 21.7. The molecule has 0 spiro atoms. The van der Waals surface area contributed by atoms with Crippen molar-refractivity contribution in [3.05, 3.63) is 69.1 Å². The molecule has 5 rings (SSSR count). The first-order chi connectivity index (χ1) is 20.4. The Morgan fingerprint density at radius 1 is 1.19 bits per heavy atom. The van der Waals surface area contributed by atoms with Crippen molar-refractivity contribution < 1.29 is 23.8 Å². The second-order valence-electron chi connectivity index (χ2n) is 10.7. The maximum atomic E-state index is 15.0. The summed E-state index contributed by atoms with van der Waals surface area (Å²) in [4.78, 5) is 54.5. The lowest BCUT2D eigenvalue weighted by atomic mass is 10.0. The summed E-state index contributed by atoms with van der Waals surface area (Å²) in [5.41, 5.74) is 1.02. The van der Waals surface area contributed by atoms with Gasteiger partial charge in [-0.1, -0.05) is 37.6 Å². The molecular formula is C30H30ClFN6O5. The van der Waals surface area contributed by atoms with Crippen molar-refractivity contribution in [2.45, 2.75) is 46.6 Å². The van der Waals surface area contributed by atoms with Crippen LogP contribution in [0.1, 0.15) is 44.9 Å². The summed E-state index contributed by atoms with van der Waals surface area (Å²) in [6.07, 6.45) is 0.402. The zero-order chi connectivity index (χ0) is 31.2. The highest BCUT2D eigenvalue weighted by Gasteiger charge is 2.31. The number of carbonyl (C=O) groups is 2. The normalized spacial score (nSPS) is 15.3. The second-order valence-corrected chi connectivity index (χ2v) is 11.1. The number of pyridine rings is 2. The van der Waals surface area contributed by atoms with Gasteiger partial charge in [0.25, 0.3) is 0 Å². The molecule has 1 N–H and O–H groups in total. The fraction of sp³-hybridized carbons (Fsp3) is 0.333. The molecule has 1 aliphatic heterocycles. The number of carboxylic acid groups (broad SMARTS) is 1. The first kappa shape index (κ1) is 29.9. The molecule has 43 heavy (non-hydrogen) atoms. The number of halogens is 2. The molecule has 11 nitrogen and oxygen atoms in total. The Hall–Kier alpha value is -4.58. The van der Waals surface area contributed by atoms with Crippen LogP contribution in [0.3, 0.4) is 0 Å². The first-order valence-corrected chi connectivity index (χ1v) is 14.1. The standard InChI is InChI=1S/C30H30ClFN6O5/c1-15(2)24-26(17(4)23(13-33-24)43-18(5)39)38-28-20(12-21(31)25(34-28)19-8-6-7-9-22(19)32)27(35-29(38)40)37-11-10-36(30(41)42)14-16(37)3/h6-9,12-13,15-16H,10-11,14H2,1-5H3,(H,41,42)/t16-/m0/s1. The number of hydrogen-bond donors (Lipinski definition) is 1. The first-order valence-electron chi connectivity index (χ1n) is 13.7. The van der Waals surface area contributed by atoms with E-state index in [-0.39, 0.29) is 65.1 Å². The number of ether oxygens (including phenoxy) is 1. The molecule has 1 aliphatic rings. The van der Waals surface area contributed by atoms with E-state index in [0.717, 1.165) is 0 Å². The van der Waals surface area contributed by atoms with Crippen LogP contribution in [0.4, 0.5) is 15.0 Å². The Balaban J connectivity index is 1.86. The van der Waals surface area contributed by atoms with Crippen molar-refractivity contribution in [3.8, 4) is 22.7 Å². The van der Waals surface area contributed by atoms with E-state index in [1.54, 1.807) is 31.2 Å². The van der Waals surface area contributed by atoms with Gasteiger partial charge in [0.2, 0.25) is 0 Å². The fourth-order valence-corrected chi connectivity index (χ4v) is 5.62. The number of piperazine rings is 1. The maximum Gasteiger partial charge on any atom is 0.407 e.